The number of hydrogen-bond donors (Lipinski definition) is 2. The minimum atomic E-state index is -1.08. The molecule has 0 unspecified atom stereocenters. The molecular formula is C14H13FN2O2. The summed E-state index contributed by atoms with van der Waals surface area (Å²) in [6, 6.07) is 5.94. The van der Waals surface area contributed by atoms with Gasteiger partial charge in [-0.05, 0) is 37.6 Å². The van der Waals surface area contributed by atoms with Crippen molar-refractivity contribution in [1.82, 2.24) is 4.98 Å². The lowest BCUT2D eigenvalue weighted by Crippen LogP contribution is -2.05. The molecular weight excluding hydrogens is 247 g/mol. The lowest BCUT2D eigenvalue weighted by Gasteiger charge is -2.12. The van der Waals surface area contributed by atoms with Crippen molar-refractivity contribution in [2.24, 2.45) is 0 Å². The molecule has 2 aromatic rings. The zero-order valence-corrected chi connectivity index (χ0v) is 10.6. The maximum absolute atomic E-state index is 13.2. The number of aryl methyl sites for hydroxylation is 2. The highest BCUT2D eigenvalue weighted by Gasteiger charge is 2.12. The average Bonchev–Trinajstić information content (AvgIpc) is 2.33. The summed E-state index contributed by atoms with van der Waals surface area (Å²) in [5, 5.41) is 12.0. The molecule has 1 aromatic heterocycles. The van der Waals surface area contributed by atoms with Crippen molar-refractivity contribution >= 4 is 17.3 Å². The van der Waals surface area contributed by atoms with Gasteiger partial charge in [0.25, 0.3) is 0 Å². The zero-order valence-electron chi connectivity index (χ0n) is 10.6. The first kappa shape index (κ1) is 13.0. The SMILES string of the molecule is Cc1cc(Nc2cc(F)ccc2C)c(C(=O)O)cn1. The van der Waals surface area contributed by atoms with E-state index in [1.54, 1.807) is 19.1 Å². The third kappa shape index (κ3) is 2.88. The molecule has 2 rings (SSSR count). The van der Waals surface area contributed by atoms with Crippen LogP contribution in [0, 0.1) is 19.7 Å². The van der Waals surface area contributed by atoms with E-state index in [4.69, 9.17) is 5.11 Å². The van der Waals surface area contributed by atoms with Crippen LogP contribution in [0.1, 0.15) is 21.6 Å². The van der Waals surface area contributed by atoms with Crippen LogP contribution in [-0.4, -0.2) is 16.1 Å². The van der Waals surface area contributed by atoms with E-state index < -0.39 is 5.97 Å². The molecule has 0 aliphatic carbocycles. The van der Waals surface area contributed by atoms with Gasteiger partial charge < -0.3 is 10.4 Å². The number of aromatic nitrogens is 1. The Labute approximate surface area is 109 Å². The van der Waals surface area contributed by atoms with Gasteiger partial charge in [-0.15, -0.1) is 0 Å². The highest BCUT2D eigenvalue weighted by molar-refractivity contribution is 5.95. The molecule has 19 heavy (non-hydrogen) atoms. The first-order chi connectivity index (χ1) is 8.97. The number of benzene rings is 1. The van der Waals surface area contributed by atoms with Gasteiger partial charge in [-0.2, -0.15) is 0 Å². The van der Waals surface area contributed by atoms with E-state index in [0.717, 1.165) is 5.56 Å². The van der Waals surface area contributed by atoms with Crippen LogP contribution < -0.4 is 5.32 Å². The molecule has 0 bridgehead atoms. The molecule has 0 aliphatic heterocycles. The number of carboxylic acid groups (broad SMARTS) is 1. The van der Waals surface area contributed by atoms with Gasteiger partial charge in [-0.25, -0.2) is 9.18 Å². The van der Waals surface area contributed by atoms with Gasteiger partial charge in [-0.3, -0.25) is 4.98 Å². The van der Waals surface area contributed by atoms with Gasteiger partial charge in [0, 0.05) is 17.6 Å². The molecule has 0 saturated heterocycles. The standard InChI is InChI=1S/C14H13FN2O2/c1-8-3-4-10(15)6-12(8)17-13-5-9(2)16-7-11(13)14(18)19/h3-7H,1-2H3,(H,16,17)(H,18,19). The number of pyridine rings is 1. The third-order valence-corrected chi connectivity index (χ3v) is 2.74. The fourth-order valence-electron chi connectivity index (χ4n) is 1.71. The van der Waals surface area contributed by atoms with E-state index in [0.29, 0.717) is 17.1 Å². The number of carbonyl (C=O) groups is 1. The van der Waals surface area contributed by atoms with Crippen molar-refractivity contribution in [3.05, 3.63) is 53.1 Å². The van der Waals surface area contributed by atoms with Crippen molar-refractivity contribution in [1.29, 1.82) is 0 Å². The molecule has 0 aliphatic rings. The van der Waals surface area contributed by atoms with Gasteiger partial charge in [-0.1, -0.05) is 6.07 Å². The molecule has 0 saturated carbocycles. The first-order valence-electron chi connectivity index (χ1n) is 5.70. The number of halogens is 1. The quantitative estimate of drug-likeness (QED) is 0.889. The fraction of sp³-hybridized carbons (Fsp3) is 0.143. The molecule has 4 nitrogen and oxygen atoms in total. The third-order valence-electron chi connectivity index (χ3n) is 2.74. The van der Waals surface area contributed by atoms with E-state index in [1.807, 2.05) is 6.92 Å². The summed E-state index contributed by atoms with van der Waals surface area (Å²) >= 11 is 0. The molecule has 1 heterocycles. The number of anilines is 2. The van der Waals surface area contributed by atoms with Crippen LogP contribution in [0.15, 0.2) is 30.5 Å². The molecule has 0 atom stereocenters. The van der Waals surface area contributed by atoms with Gasteiger partial charge in [0.15, 0.2) is 0 Å². The summed E-state index contributed by atoms with van der Waals surface area (Å²) in [7, 11) is 0. The zero-order chi connectivity index (χ0) is 14.0. The normalized spacial score (nSPS) is 10.3. The Morgan fingerprint density at radius 1 is 1.26 bits per heavy atom. The Morgan fingerprint density at radius 2 is 2.00 bits per heavy atom. The molecule has 0 spiro atoms. The number of nitrogens with zero attached hydrogens (tertiary/aromatic N) is 1. The number of nitrogens with one attached hydrogen (secondary N) is 1. The predicted octanol–water partition coefficient (Wildman–Crippen LogP) is 3.28. The topological polar surface area (TPSA) is 62.2 Å². The van der Waals surface area contributed by atoms with Crippen molar-refractivity contribution in [2.45, 2.75) is 13.8 Å². The van der Waals surface area contributed by atoms with E-state index >= 15 is 0 Å². The maximum Gasteiger partial charge on any atom is 0.339 e. The summed E-state index contributed by atoms with van der Waals surface area (Å²) < 4.78 is 13.2. The summed E-state index contributed by atoms with van der Waals surface area (Å²) in [6.45, 7) is 3.57. The Balaban J connectivity index is 2.45. The Kier molecular flexibility index (Phi) is 3.46. The lowest BCUT2D eigenvalue weighted by molar-refractivity contribution is 0.0697. The van der Waals surface area contributed by atoms with E-state index in [2.05, 4.69) is 10.3 Å². The van der Waals surface area contributed by atoms with Crippen LogP contribution >= 0.6 is 0 Å². The summed E-state index contributed by atoms with van der Waals surface area (Å²) in [5.41, 5.74) is 2.49. The van der Waals surface area contributed by atoms with Crippen LogP contribution in [0.5, 0.6) is 0 Å². The van der Waals surface area contributed by atoms with Crippen LogP contribution in [0.3, 0.4) is 0 Å². The molecule has 0 fully saturated rings. The molecule has 2 N–H and O–H groups in total. The first-order valence-corrected chi connectivity index (χ1v) is 5.70. The van der Waals surface area contributed by atoms with Crippen molar-refractivity contribution in [2.75, 3.05) is 5.32 Å². The Hall–Kier alpha value is -2.43. The molecule has 5 heteroatoms. The molecule has 98 valence electrons. The average molecular weight is 260 g/mol. The smallest absolute Gasteiger partial charge is 0.339 e. The maximum atomic E-state index is 13.2. The van der Waals surface area contributed by atoms with Gasteiger partial charge >= 0.3 is 5.97 Å². The molecule has 0 amide bonds. The van der Waals surface area contributed by atoms with Gasteiger partial charge in [0.2, 0.25) is 0 Å². The Bertz CT molecular complexity index is 641. The van der Waals surface area contributed by atoms with Crippen molar-refractivity contribution < 1.29 is 14.3 Å². The number of hydrogen-bond acceptors (Lipinski definition) is 3. The second-order valence-corrected chi connectivity index (χ2v) is 4.26. The van der Waals surface area contributed by atoms with Crippen molar-refractivity contribution in [3.8, 4) is 0 Å². The Morgan fingerprint density at radius 3 is 2.68 bits per heavy atom. The molecule has 1 aromatic carbocycles. The van der Waals surface area contributed by atoms with Crippen LogP contribution in [0.4, 0.5) is 15.8 Å². The number of aromatic carboxylic acids is 1. The van der Waals surface area contributed by atoms with Crippen LogP contribution in [-0.2, 0) is 0 Å². The lowest BCUT2D eigenvalue weighted by atomic mass is 10.1. The second kappa shape index (κ2) is 5.06. The summed E-state index contributed by atoms with van der Waals surface area (Å²) in [6.07, 6.45) is 1.29. The monoisotopic (exact) mass is 260 g/mol. The summed E-state index contributed by atoms with van der Waals surface area (Å²) in [4.78, 5) is 15.1. The summed E-state index contributed by atoms with van der Waals surface area (Å²) in [5.74, 6) is -1.46. The largest absolute Gasteiger partial charge is 0.478 e. The fourth-order valence-corrected chi connectivity index (χ4v) is 1.71. The van der Waals surface area contributed by atoms with Crippen LogP contribution in [0.25, 0.3) is 0 Å². The second-order valence-electron chi connectivity index (χ2n) is 4.26. The van der Waals surface area contributed by atoms with Gasteiger partial charge in [0.1, 0.15) is 11.4 Å². The van der Waals surface area contributed by atoms with Crippen molar-refractivity contribution in [3.63, 3.8) is 0 Å². The minimum Gasteiger partial charge on any atom is -0.478 e. The number of carboxylic acids is 1. The predicted molar refractivity (Wildman–Crippen MR) is 70.4 cm³/mol. The highest BCUT2D eigenvalue weighted by atomic mass is 19.1. The van der Waals surface area contributed by atoms with Crippen LogP contribution in [0.2, 0.25) is 0 Å². The van der Waals surface area contributed by atoms with E-state index in [1.165, 1.54) is 18.3 Å². The van der Waals surface area contributed by atoms with E-state index in [-0.39, 0.29) is 11.4 Å². The van der Waals surface area contributed by atoms with E-state index in [9.17, 15) is 9.18 Å². The minimum absolute atomic E-state index is 0.0502. The number of rotatable bonds is 3. The van der Waals surface area contributed by atoms with Gasteiger partial charge in [0.05, 0.1) is 5.69 Å². The molecule has 0 radical (unpaired) electrons. The highest BCUT2D eigenvalue weighted by Crippen LogP contribution is 2.24.